The summed E-state index contributed by atoms with van der Waals surface area (Å²) in [7, 11) is 0. The summed E-state index contributed by atoms with van der Waals surface area (Å²) >= 11 is 5.98. The average molecular weight is 445 g/mol. The topological polar surface area (TPSA) is 84.9 Å². The monoisotopic (exact) mass is 444 g/mol. The van der Waals surface area contributed by atoms with Crippen molar-refractivity contribution in [3.63, 3.8) is 0 Å². The highest BCUT2D eigenvalue weighted by molar-refractivity contribution is 6.30. The standard InChI is InChI=1S/C23H25ClN2O5/c1-2-30-23(29)31-20-8-6-17(7-9-20)22(28)25-19-10-12-26(13-11-19)21(27)15-16-4-3-5-18(24)14-16/h3-9,14,19H,2,10-13,15H2,1H3,(H,25,28). The molecule has 0 atom stereocenters. The van der Waals surface area contributed by atoms with Gasteiger partial charge in [0, 0.05) is 29.7 Å². The molecule has 1 saturated heterocycles. The number of nitrogens with one attached hydrogen (secondary N) is 1. The Balaban J connectivity index is 1.45. The van der Waals surface area contributed by atoms with E-state index in [0.29, 0.717) is 48.7 Å². The third kappa shape index (κ3) is 6.72. The summed E-state index contributed by atoms with van der Waals surface area (Å²) in [6, 6.07) is 13.6. The first-order valence-electron chi connectivity index (χ1n) is 10.2. The number of nitrogens with zero attached hydrogens (tertiary/aromatic N) is 1. The number of hydrogen-bond donors (Lipinski definition) is 1. The highest BCUT2D eigenvalue weighted by atomic mass is 35.5. The van der Waals surface area contributed by atoms with Gasteiger partial charge in [0.2, 0.25) is 5.91 Å². The summed E-state index contributed by atoms with van der Waals surface area (Å²) < 4.78 is 9.70. The number of piperidine rings is 1. The van der Waals surface area contributed by atoms with Crippen molar-refractivity contribution < 1.29 is 23.9 Å². The van der Waals surface area contributed by atoms with Gasteiger partial charge >= 0.3 is 6.16 Å². The van der Waals surface area contributed by atoms with Crippen molar-refractivity contribution in [1.82, 2.24) is 10.2 Å². The Labute approximate surface area is 186 Å². The van der Waals surface area contributed by atoms with Gasteiger partial charge in [-0.3, -0.25) is 9.59 Å². The van der Waals surface area contributed by atoms with E-state index in [4.69, 9.17) is 21.1 Å². The molecule has 1 fully saturated rings. The largest absolute Gasteiger partial charge is 0.513 e. The molecule has 8 heteroatoms. The maximum atomic E-state index is 12.5. The normalized spacial score (nSPS) is 14.1. The van der Waals surface area contributed by atoms with Crippen LogP contribution in [0.15, 0.2) is 48.5 Å². The van der Waals surface area contributed by atoms with Gasteiger partial charge in [0.15, 0.2) is 0 Å². The average Bonchev–Trinajstić information content (AvgIpc) is 2.75. The summed E-state index contributed by atoms with van der Waals surface area (Å²) in [6.45, 7) is 3.10. The zero-order chi connectivity index (χ0) is 22.2. The van der Waals surface area contributed by atoms with Crippen molar-refractivity contribution in [2.45, 2.75) is 32.2 Å². The summed E-state index contributed by atoms with van der Waals surface area (Å²) in [5.74, 6) is 0.164. The third-order valence-electron chi connectivity index (χ3n) is 5.01. The van der Waals surface area contributed by atoms with E-state index in [9.17, 15) is 14.4 Å². The number of amides is 2. The van der Waals surface area contributed by atoms with Gasteiger partial charge in [-0.25, -0.2) is 4.79 Å². The first-order chi connectivity index (χ1) is 14.9. The van der Waals surface area contributed by atoms with Crippen molar-refractivity contribution in [2.24, 2.45) is 0 Å². The van der Waals surface area contributed by atoms with E-state index in [1.807, 2.05) is 17.0 Å². The van der Waals surface area contributed by atoms with Gasteiger partial charge in [-0.15, -0.1) is 0 Å². The van der Waals surface area contributed by atoms with Crippen LogP contribution in [-0.4, -0.2) is 48.6 Å². The van der Waals surface area contributed by atoms with Gasteiger partial charge in [0.05, 0.1) is 13.0 Å². The molecule has 0 unspecified atom stereocenters. The lowest BCUT2D eigenvalue weighted by atomic mass is 10.0. The van der Waals surface area contributed by atoms with Crippen molar-refractivity contribution in [3.8, 4) is 5.75 Å². The van der Waals surface area contributed by atoms with Crippen LogP contribution in [0, 0.1) is 0 Å². The van der Waals surface area contributed by atoms with Gasteiger partial charge in [-0.1, -0.05) is 23.7 Å². The van der Waals surface area contributed by atoms with Crippen LogP contribution in [0.3, 0.4) is 0 Å². The number of ether oxygens (including phenoxy) is 2. The molecule has 0 spiro atoms. The Bertz CT molecular complexity index is 924. The molecule has 1 heterocycles. The number of halogens is 1. The van der Waals surface area contributed by atoms with Crippen LogP contribution in [0.4, 0.5) is 4.79 Å². The fourth-order valence-corrected chi connectivity index (χ4v) is 3.61. The quantitative estimate of drug-likeness (QED) is 0.540. The number of carbonyl (C=O) groups excluding carboxylic acids is 3. The fraction of sp³-hybridized carbons (Fsp3) is 0.348. The predicted molar refractivity (Wildman–Crippen MR) is 116 cm³/mol. The molecular weight excluding hydrogens is 420 g/mol. The Morgan fingerprint density at radius 2 is 1.81 bits per heavy atom. The molecule has 3 rings (SSSR count). The van der Waals surface area contributed by atoms with Gasteiger partial charge in [0.25, 0.3) is 5.91 Å². The molecule has 1 aliphatic rings. The zero-order valence-corrected chi connectivity index (χ0v) is 18.1. The third-order valence-corrected chi connectivity index (χ3v) is 5.24. The molecule has 2 amide bonds. The Hall–Kier alpha value is -3.06. The summed E-state index contributed by atoms with van der Waals surface area (Å²) in [6.07, 6.45) is 0.919. The minimum absolute atomic E-state index is 0.00169. The smallest absolute Gasteiger partial charge is 0.434 e. The number of rotatable bonds is 6. The second-order valence-electron chi connectivity index (χ2n) is 7.24. The number of likely N-dealkylation sites (tertiary alicyclic amines) is 1. The maximum absolute atomic E-state index is 12.5. The first-order valence-corrected chi connectivity index (χ1v) is 10.6. The molecule has 0 saturated carbocycles. The Morgan fingerprint density at radius 1 is 1.10 bits per heavy atom. The van der Waals surface area contributed by atoms with Crippen LogP contribution in [0.5, 0.6) is 5.75 Å². The molecular formula is C23H25ClN2O5. The second-order valence-corrected chi connectivity index (χ2v) is 7.68. The molecule has 0 radical (unpaired) electrons. The lowest BCUT2D eigenvalue weighted by Crippen LogP contribution is -2.47. The zero-order valence-electron chi connectivity index (χ0n) is 17.3. The Kier molecular flexibility index (Phi) is 7.89. The van der Waals surface area contributed by atoms with Crippen LogP contribution in [0.25, 0.3) is 0 Å². The maximum Gasteiger partial charge on any atom is 0.513 e. The van der Waals surface area contributed by atoms with Crippen LogP contribution in [0.2, 0.25) is 5.02 Å². The minimum atomic E-state index is -0.781. The van der Waals surface area contributed by atoms with Gasteiger partial charge in [-0.05, 0) is 61.7 Å². The molecule has 0 bridgehead atoms. The van der Waals surface area contributed by atoms with Crippen molar-refractivity contribution in [3.05, 3.63) is 64.7 Å². The van der Waals surface area contributed by atoms with Crippen molar-refractivity contribution >= 4 is 29.6 Å². The second kappa shape index (κ2) is 10.8. The van der Waals surface area contributed by atoms with Crippen molar-refractivity contribution in [1.29, 1.82) is 0 Å². The van der Waals surface area contributed by atoms with Crippen LogP contribution >= 0.6 is 11.6 Å². The van der Waals surface area contributed by atoms with E-state index < -0.39 is 6.16 Å². The lowest BCUT2D eigenvalue weighted by Gasteiger charge is -2.32. The molecule has 0 aliphatic carbocycles. The summed E-state index contributed by atoms with van der Waals surface area (Å²) in [4.78, 5) is 38.2. The van der Waals surface area contributed by atoms with Gasteiger partial charge < -0.3 is 19.7 Å². The molecule has 0 aromatic heterocycles. The molecule has 2 aromatic carbocycles. The number of carbonyl (C=O) groups is 3. The highest BCUT2D eigenvalue weighted by Crippen LogP contribution is 2.17. The number of benzene rings is 2. The molecule has 2 aromatic rings. The predicted octanol–water partition coefficient (Wildman–Crippen LogP) is 3.84. The Morgan fingerprint density at radius 3 is 2.45 bits per heavy atom. The molecule has 31 heavy (non-hydrogen) atoms. The van der Waals surface area contributed by atoms with Crippen molar-refractivity contribution in [2.75, 3.05) is 19.7 Å². The van der Waals surface area contributed by atoms with E-state index in [-0.39, 0.29) is 24.5 Å². The van der Waals surface area contributed by atoms with E-state index >= 15 is 0 Å². The summed E-state index contributed by atoms with van der Waals surface area (Å²) in [5, 5.41) is 3.62. The highest BCUT2D eigenvalue weighted by Gasteiger charge is 2.24. The van der Waals surface area contributed by atoms with Crippen LogP contribution in [0.1, 0.15) is 35.7 Å². The van der Waals surface area contributed by atoms with E-state index in [0.717, 1.165) is 5.56 Å². The van der Waals surface area contributed by atoms with Crippen LogP contribution in [-0.2, 0) is 16.0 Å². The molecule has 1 aliphatic heterocycles. The fourth-order valence-electron chi connectivity index (χ4n) is 3.39. The van der Waals surface area contributed by atoms with Gasteiger partial charge in [-0.2, -0.15) is 0 Å². The first kappa shape index (κ1) is 22.6. The van der Waals surface area contributed by atoms with E-state index in [1.165, 1.54) is 0 Å². The molecule has 1 N–H and O–H groups in total. The molecule has 7 nitrogen and oxygen atoms in total. The minimum Gasteiger partial charge on any atom is -0.434 e. The summed E-state index contributed by atoms with van der Waals surface area (Å²) in [5.41, 5.74) is 1.36. The van der Waals surface area contributed by atoms with Crippen LogP contribution < -0.4 is 10.1 Å². The van der Waals surface area contributed by atoms with Gasteiger partial charge in [0.1, 0.15) is 5.75 Å². The lowest BCUT2D eigenvalue weighted by molar-refractivity contribution is -0.131. The molecule has 164 valence electrons. The SMILES string of the molecule is CCOC(=O)Oc1ccc(C(=O)NC2CCN(C(=O)Cc3cccc(Cl)c3)CC2)cc1. The number of hydrogen-bond acceptors (Lipinski definition) is 5. The van der Waals surface area contributed by atoms with E-state index in [1.54, 1.807) is 43.3 Å². The van der Waals surface area contributed by atoms with E-state index in [2.05, 4.69) is 5.32 Å².